The van der Waals surface area contributed by atoms with Crippen LogP contribution in [-0.2, 0) is 0 Å². The minimum absolute atomic E-state index is 0.558. The highest BCUT2D eigenvalue weighted by Crippen LogP contribution is 2.24. The summed E-state index contributed by atoms with van der Waals surface area (Å²) >= 11 is 13.4. The smallest absolute Gasteiger partial charge is 0.203 e. The van der Waals surface area contributed by atoms with E-state index in [2.05, 4.69) is 15.5 Å². The summed E-state index contributed by atoms with van der Waals surface area (Å²) in [5, 5.41) is 8.02. The molecule has 0 fully saturated rings. The van der Waals surface area contributed by atoms with Gasteiger partial charge in [0.05, 0.1) is 16.9 Å². The largest absolute Gasteiger partial charge is 0.253 e. The normalized spacial score (nSPS) is 11.0. The Bertz CT molecular complexity index is 800. The fraction of sp³-hybridized carbons (Fsp3) is 0. The Morgan fingerprint density at radius 1 is 1.09 bits per heavy atom. The zero-order chi connectivity index (χ0) is 15.4. The van der Waals surface area contributed by atoms with Gasteiger partial charge in [-0.05, 0) is 12.1 Å². The van der Waals surface area contributed by atoms with E-state index in [9.17, 15) is 0 Å². The molecule has 0 radical (unpaired) electrons. The van der Waals surface area contributed by atoms with E-state index in [4.69, 9.17) is 23.2 Å². The molecule has 3 aromatic rings. The molecule has 0 spiro atoms. The number of rotatable bonds is 4. The van der Waals surface area contributed by atoms with Crippen LogP contribution in [-0.4, -0.2) is 11.2 Å². The van der Waals surface area contributed by atoms with Crippen molar-refractivity contribution in [1.82, 2.24) is 4.98 Å². The topological polar surface area (TPSA) is 37.3 Å². The molecule has 0 amide bonds. The van der Waals surface area contributed by atoms with Gasteiger partial charge >= 0.3 is 0 Å². The molecule has 0 aliphatic heterocycles. The molecular weight excluding hydrogens is 337 g/mol. The first kappa shape index (κ1) is 15.0. The maximum atomic E-state index is 6.08. The average molecular weight is 348 g/mol. The number of hydrogen-bond donors (Lipinski definition) is 1. The second-order valence-corrected chi connectivity index (χ2v) is 6.14. The fourth-order valence-corrected chi connectivity index (χ4v) is 2.96. The van der Waals surface area contributed by atoms with Crippen molar-refractivity contribution in [2.24, 2.45) is 5.10 Å². The molecule has 0 aliphatic carbocycles. The Labute approximate surface area is 142 Å². The number of hydrogen-bond acceptors (Lipinski definition) is 4. The first-order valence-corrected chi connectivity index (χ1v) is 8.11. The van der Waals surface area contributed by atoms with Crippen LogP contribution in [0.2, 0.25) is 10.0 Å². The summed E-state index contributed by atoms with van der Waals surface area (Å²) in [7, 11) is 0. The summed E-state index contributed by atoms with van der Waals surface area (Å²) in [6, 6.07) is 15.3. The number of thiazole rings is 1. The van der Waals surface area contributed by atoms with Crippen LogP contribution in [0.1, 0.15) is 5.56 Å². The second kappa shape index (κ2) is 6.92. The summed E-state index contributed by atoms with van der Waals surface area (Å²) in [6.07, 6.45) is 1.64. The van der Waals surface area contributed by atoms with Gasteiger partial charge < -0.3 is 0 Å². The molecule has 0 bridgehead atoms. The molecule has 0 saturated carbocycles. The van der Waals surface area contributed by atoms with Crippen LogP contribution >= 0.6 is 34.5 Å². The molecule has 0 saturated heterocycles. The molecule has 2 aromatic carbocycles. The van der Waals surface area contributed by atoms with Crippen LogP contribution in [0.3, 0.4) is 0 Å². The predicted octanol–water partition coefficient (Wildman–Crippen LogP) is 5.56. The van der Waals surface area contributed by atoms with Crippen LogP contribution in [0.25, 0.3) is 11.3 Å². The van der Waals surface area contributed by atoms with Gasteiger partial charge in [-0.1, -0.05) is 59.6 Å². The number of aromatic nitrogens is 1. The lowest BCUT2D eigenvalue weighted by Gasteiger charge is -1.98. The highest BCUT2D eigenvalue weighted by atomic mass is 35.5. The summed E-state index contributed by atoms with van der Waals surface area (Å²) in [6.45, 7) is 0. The minimum atomic E-state index is 0.558. The van der Waals surface area contributed by atoms with E-state index in [0.29, 0.717) is 10.0 Å². The molecule has 1 N–H and O–H groups in total. The molecule has 3 rings (SSSR count). The third kappa shape index (κ3) is 3.65. The van der Waals surface area contributed by atoms with Gasteiger partial charge in [0.25, 0.3) is 0 Å². The number of nitrogens with one attached hydrogen (secondary N) is 1. The van der Waals surface area contributed by atoms with Gasteiger partial charge in [0.1, 0.15) is 0 Å². The van der Waals surface area contributed by atoms with Crippen molar-refractivity contribution < 1.29 is 0 Å². The maximum Gasteiger partial charge on any atom is 0.203 e. The van der Waals surface area contributed by atoms with Gasteiger partial charge in [0.15, 0.2) is 0 Å². The van der Waals surface area contributed by atoms with Crippen molar-refractivity contribution in [2.45, 2.75) is 0 Å². The van der Waals surface area contributed by atoms with E-state index in [1.807, 2.05) is 41.8 Å². The molecule has 0 aliphatic rings. The Balaban J connectivity index is 1.69. The molecule has 1 heterocycles. The fourth-order valence-electron chi connectivity index (χ4n) is 1.83. The Hall–Kier alpha value is -1.88. The summed E-state index contributed by atoms with van der Waals surface area (Å²) in [4.78, 5) is 4.49. The SMILES string of the molecule is Clc1ccc(/C=N/Nc2nc(-c3ccccc3)cs2)c(Cl)c1. The van der Waals surface area contributed by atoms with Crippen LogP contribution in [0, 0.1) is 0 Å². The highest BCUT2D eigenvalue weighted by molar-refractivity contribution is 7.14. The van der Waals surface area contributed by atoms with Gasteiger partial charge in [-0.3, -0.25) is 5.43 Å². The molecule has 1 aromatic heterocycles. The zero-order valence-electron chi connectivity index (χ0n) is 11.3. The standard InChI is InChI=1S/C16H11Cl2N3S/c17-13-7-6-12(14(18)8-13)9-19-21-16-20-15(10-22-16)11-4-2-1-3-5-11/h1-10H,(H,20,21)/b19-9+. The lowest BCUT2D eigenvalue weighted by molar-refractivity contribution is 1.29. The molecule has 3 nitrogen and oxygen atoms in total. The minimum Gasteiger partial charge on any atom is -0.253 e. The average Bonchev–Trinajstić information content (AvgIpc) is 2.99. The summed E-state index contributed by atoms with van der Waals surface area (Å²) in [5.41, 5.74) is 5.70. The second-order valence-electron chi connectivity index (χ2n) is 4.44. The van der Waals surface area contributed by atoms with Gasteiger partial charge in [0, 0.05) is 21.5 Å². The van der Waals surface area contributed by atoms with Crippen LogP contribution in [0.4, 0.5) is 5.13 Å². The van der Waals surface area contributed by atoms with Crippen molar-refractivity contribution in [1.29, 1.82) is 0 Å². The van der Waals surface area contributed by atoms with Crippen LogP contribution in [0.5, 0.6) is 0 Å². The van der Waals surface area contributed by atoms with E-state index in [0.717, 1.165) is 22.0 Å². The zero-order valence-corrected chi connectivity index (χ0v) is 13.7. The Kier molecular flexibility index (Phi) is 4.73. The van der Waals surface area contributed by atoms with Crippen molar-refractivity contribution in [3.63, 3.8) is 0 Å². The number of nitrogens with zero attached hydrogens (tertiary/aromatic N) is 2. The van der Waals surface area contributed by atoms with Gasteiger partial charge in [-0.2, -0.15) is 5.10 Å². The molecule has 6 heteroatoms. The van der Waals surface area contributed by atoms with Gasteiger partial charge in [0.2, 0.25) is 5.13 Å². The lowest BCUT2D eigenvalue weighted by atomic mass is 10.2. The predicted molar refractivity (Wildman–Crippen MR) is 95.2 cm³/mol. The number of halogens is 2. The van der Waals surface area contributed by atoms with E-state index in [1.165, 1.54) is 11.3 Å². The number of hydrazone groups is 1. The maximum absolute atomic E-state index is 6.08. The highest BCUT2D eigenvalue weighted by Gasteiger charge is 2.03. The molecular formula is C16H11Cl2N3S. The third-order valence-corrected chi connectivity index (χ3v) is 4.21. The molecule has 22 heavy (non-hydrogen) atoms. The molecule has 110 valence electrons. The number of anilines is 1. The first-order chi connectivity index (χ1) is 10.7. The first-order valence-electron chi connectivity index (χ1n) is 6.47. The van der Waals surface area contributed by atoms with E-state index >= 15 is 0 Å². The van der Waals surface area contributed by atoms with Crippen LogP contribution in [0.15, 0.2) is 59.0 Å². The quantitative estimate of drug-likeness (QED) is 0.495. The van der Waals surface area contributed by atoms with Crippen molar-refractivity contribution in [3.05, 3.63) is 69.5 Å². The Morgan fingerprint density at radius 3 is 2.68 bits per heavy atom. The third-order valence-electron chi connectivity index (χ3n) is 2.90. The lowest BCUT2D eigenvalue weighted by Crippen LogP contribution is -1.91. The Morgan fingerprint density at radius 2 is 1.91 bits per heavy atom. The van der Waals surface area contributed by atoms with E-state index < -0.39 is 0 Å². The van der Waals surface area contributed by atoms with Gasteiger partial charge in [-0.15, -0.1) is 11.3 Å². The van der Waals surface area contributed by atoms with Crippen molar-refractivity contribution >= 4 is 45.9 Å². The summed E-state index contributed by atoms with van der Waals surface area (Å²) in [5.74, 6) is 0. The number of benzene rings is 2. The van der Waals surface area contributed by atoms with Crippen molar-refractivity contribution in [3.8, 4) is 11.3 Å². The molecule has 0 unspecified atom stereocenters. The van der Waals surface area contributed by atoms with Crippen molar-refractivity contribution in [2.75, 3.05) is 5.43 Å². The summed E-state index contributed by atoms with van der Waals surface area (Å²) < 4.78 is 0. The van der Waals surface area contributed by atoms with Gasteiger partial charge in [-0.25, -0.2) is 4.98 Å². The molecule has 0 atom stereocenters. The van der Waals surface area contributed by atoms with E-state index in [-0.39, 0.29) is 0 Å². The van der Waals surface area contributed by atoms with Crippen LogP contribution < -0.4 is 5.43 Å². The monoisotopic (exact) mass is 347 g/mol. The van der Waals surface area contributed by atoms with E-state index in [1.54, 1.807) is 18.3 Å².